The van der Waals surface area contributed by atoms with Crippen molar-refractivity contribution in [2.75, 3.05) is 5.32 Å². The minimum absolute atomic E-state index is 0.0803. The van der Waals surface area contributed by atoms with Crippen molar-refractivity contribution in [2.45, 2.75) is 20.3 Å². The van der Waals surface area contributed by atoms with E-state index < -0.39 is 5.91 Å². The van der Waals surface area contributed by atoms with E-state index in [-0.39, 0.29) is 5.57 Å². The lowest BCUT2D eigenvalue weighted by atomic mass is 9.96. The second kappa shape index (κ2) is 8.83. The minimum atomic E-state index is -0.407. The lowest BCUT2D eigenvalue weighted by molar-refractivity contribution is -0.112. The molecule has 3 heteroatoms. The lowest BCUT2D eigenvalue weighted by Gasteiger charge is -2.09. The van der Waals surface area contributed by atoms with Crippen LogP contribution in [0.25, 0.3) is 6.08 Å². The van der Waals surface area contributed by atoms with E-state index in [2.05, 4.69) is 37.4 Å². The van der Waals surface area contributed by atoms with Crippen molar-refractivity contribution >= 4 is 17.7 Å². The van der Waals surface area contributed by atoms with Crippen LogP contribution in [0.5, 0.6) is 0 Å². The molecule has 0 fully saturated rings. The van der Waals surface area contributed by atoms with Crippen molar-refractivity contribution in [1.29, 1.82) is 5.26 Å². The van der Waals surface area contributed by atoms with Gasteiger partial charge in [0.15, 0.2) is 0 Å². The van der Waals surface area contributed by atoms with Gasteiger partial charge in [-0.3, -0.25) is 4.79 Å². The molecule has 0 spiro atoms. The van der Waals surface area contributed by atoms with Crippen molar-refractivity contribution in [1.82, 2.24) is 0 Å². The Balaban J connectivity index is 1.88. The first-order chi connectivity index (χ1) is 13.5. The number of para-hydroxylation sites is 1. The molecule has 0 aliphatic carbocycles. The van der Waals surface area contributed by atoms with Crippen molar-refractivity contribution in [3.05, 3.63) is 106 Å². The average molecular weight is 366 g/mol. The van der Waals surface area contributed by atoms with Gasteiger partial charge >= 0.3 is 0 Å². The Morgan fingerprint density at radius 1 is 0.964 bits per heavy atom. The first kappa shape index (κ1) is 19.1. The molecule has 0 heterocycles. The van der Waals surface area contributed by atoms with Crippen molar-refractivity contribution in [2.24, 2.45) is 0 Å². The predicted octanol–water partition coefficient (Wildman–Crippen LogP) is 5.44. The molecule has 3 nitrogen and oxygen atoms in total. The van der Waals surface area contributed by atoms with Crippen LogP contribution < -0.4 is 5.32 Å². The summed E-state index contributed by atoms with van der Waals surface area (Å²) in [6.07, 6.45) is 2.41. The molecule has 0 aliphatic heterocycles. The third-order valence-electron chi connectivity index (χ3n) is 4.43. The minimum Gasteiger partial charge on any atom is -0.321 e. The number of aryl methyl sites for hydroxylation is 2. The van der Waals surface area contributed by atoms with Crippen LogP contribution in [0.4, 0.5) is 5.69 Å². The number of nitrogens with one attached hydrogen (secondary N) is 1. The summed E-state index contributed by atoms with van der Waals surface area (Å²) in [7, 11) is 0. The number of nitrogens with zero attached hydrogens (tertiary/aromatic N) is 1. The summed E-state index contributed by atoms with van der Waals surface area (Å²) in [5, 5.41) is 12.3. The van der Waals surface area contributed by atoms with Crippen LogP contribution in [0, 0.1) is 25.2 Å². The maximum absolute atomic E-state index is 12.5. The third kappa shape index (κ3) is 4.96. The Hall–Kier alpha value is -3.64. The average Bonchev–Trinajstić information content (AvgIpc) is 2.67. The fourth-order valence-corrected chi connectivity index (χ4v) is 3.25. The molecule has 0 saturated carbocycles. The van der Waals surface area contributed by atoms with Gasteiger partial charge in [-0.25, -0.2) is 0 Å². The third-order valence-corrected chi connectivity index (χ3v) is 4.43. The Bertz CT molecular complexity index is 1040. The van der Waals surface area contributed by atoms with Gasteiger partial charge in [-0.15, -0.1) is 0 Å². The fourth-order valence-electron chi connectivity index (χ4n) is 3.25. The fraction of sp³-hybridized carbons (Fsp3) is 0.120. The summed E-state index contributed by atoms with van der Waals surface area (Å²) in [5.41, 5.74) is 6.36. The Kier molecular flexibility index (Phi) is 6.04. The maximum Gasteiger partial charge on any atom is 0.266 e. The van der Waals surface area contributed by atoms with Crippen LogP contribution in [0.2, 0.25) is 0 Å². The highest BCUT2D eigenvalue weighted by molar-refractivity contribution is 6.09. The Morgan fingerprint density at radius 2 is 1.61 bits per heavy atom. The predicted molar refractivity (Wildman–Crippen MR) is 114 cm³/mol. The number of benzene rings is 3. The Morgan fingerprint density at radius 3 is 2.29 bits per heavy atom. The number of hydrogen-bond donors (Lipinski definition) is 1. The van der Waals surface area contributed by atoms with Crippen molar-refractivity contribution in [3.63, 3.8) is 0 Å². The van der Waals surface area contributed by atoms with Crippen LogP contribution >= 0.6 is 0 Å². The SMILES string of the molecule is Cc1cc(C)cc(Cc2ccccc2/C=C(\C#N)C(=O)Nc2ccccc2)c1. The lowest BCUT2D eigenvalue weighted by Crippen LogP contribution is -2.13. The van der Waals surface area contributed by atoms with Gasteiger partial charge in [0, 0.05) is 5.69 Å². The molecule has 0 aliphatic rings. The van der Waals surface area contributed by atoms with E-state index in [1.165, 1.54) is 16.7 Å². The second-order valence-electron chi connectivity index (χ2n) is 6.86. The molecule has 1 amide bonds. The number of nitriles is 1. The van der Waals surface area contributed by atoms with Crippen LogP contribution in [0.3, 0.4) is 0 Å². The van der Waals surface area contributed by atoms with E-state index in [0.29, 0.717) is 5.69 Å². The standard InChI is InChI=1S/C25H22N2O/c1-18-12-19(2)14-20(13-18)15-21-8-6-7-9-22(21)16-23(17-26)25(28)27-24-10-4-3-5-11-24/h3-14,16H,15H2,1-2H3,(H,27,28)/b23-16+. The summed E-state index contributed by atoms with van der Waals surface area (Å²) >= 11 is 0. The van der Waals surface area contributed by atoms with Crippen molar-refractivity contribution in [3.8, 4) is 6.07 Å². The summed E-state index contributed by atoms with van der Waals surface area (Å²) < 4.78 is 0. The zero-order chi connectivity index (χ0) is 19.9. The van der Waals surface area contributed by atoms with Gasteiger partial charge in [-0.05, 0) is 55.2 Å². The molecule has 0 aromatic heterocycles. The summed E-state index contributed by atoms with van der Waals surface area (Å²) in [4.78, 5) is 12.5. The topological polar surface area (TPSA) is 52.9 Å². The van der Waals surface area contributed by atoms with E-state index in [1.54, 1.807) is 18.2 Å². The van der Waals surface area contributed by atoms with E-state index >= 15 is 0 Å². The maximum atomic E-state index is 12.5. The number of hydrogen-bond acceptors (Lipinski definition) is 2. The van der Waals surface area contributed by atoms with E-state index in [0.717, 1.165) is 17.5 Å². The number of amides is 1. The molecule has 1 N–H and O–H groups in total. The van der Waals surface area contributed by atoms with Crippen molar-refractivity contribution < 1.29 is 4.79 Å². The van der Waals surface area contributed by atoms with Gasteiger partial charge in [0.25, 0.3) is 5.91 Å². The molecule has 0 saturated heterocycles. The molecule has 0 bridgehead atoms. The zero-order valence-corrected chi connectivity index (χ0v) is 16.1. The monoisotopic (exact) mass is 366 g/mol. The highest BCUT2D eigenvalue weighted by atomic mass is 16.1. The quantitative estimate of drug-likeness (QED) is 0.483. The van der Waals surface area contributed by atoms with Gasteiger partial charge in [0.2, 0.25) is 0 Å². The van der Waals surface area contributed by atoms with Crippen LogP contribution in [-0.4, -0.2) is 5.91 Å². The van der Waals surface area contributed by atoms with E-state index in [9.17, 15) is 10.1 Å². The molecule has 28 heavy (non-hydrogen) atoms. The highest BCUT2D eigenvalue weighted by Gasteiger charge is 2.11. The molecule has 3 aromatic rings. The van der Waals surface area contributed by atoms with Gasteiger partial charge in [0.1, 0.15) is 11.6 Å². The van der Waals surface area contributed by atoms with Crippen LogP contribution in [0.1, 0.15) is 27.8 Å². The molecule has 0 atom stereocenters. The van der Waals surface area contributed by atoms with Gasteiger partial charge < -0.3 is 5.32 Å². The first-order valence-electron chi connectivity index (χ1n) is 9.18. The first-order valence-corrected chi connectivity index (χ1v) is 9.18. The molecular weight excluding hydrogens is 344 g/mol. The van der Waals surface area contributed by atoms with Gasteiger partial charge in [-0.1, -0.05) is 71.8 Å². The number of rotatable bonds is 5. The summed E-state index contributed by atoms with van der Waals surface area (Å²) in [6.45, 7) is 4.17. The second-order valence-corrected chi connectivity index (χ2v) is 6.86. The normalized spacial score (nSPS) is 11.0. The molecule has 3 rings (SSSR count). The van der Waals surface area contributed by atoms with Crippen LogP contribution in [0.15, 0.2) is 78.4 Å². The highest BCUT2D eigenvalue weighted by Crippen LogP contribution is 2.20. The van der Waals surface area contributed by atoms with Gasteiger partial charge in [-0.2, -0.15) is 5.26 Å². The molecular formula is C25H22N2O. The molecule has 0 radical (unpaired) electrons. The summed E-state index contributed by atoms with van der Waals surface area (Å²) in [5.74, 6) is -0.407. The summed E-state index contributed by atoms with van der Waals surface area (Å²) in [6, 6.07) is 25.5. The smallest absolute Gasteiger partial charge is 0.266 e. The van der Waals surface area contributed by atoms with E-state index in [1.807, 2.05) is 48.5 Å². The van der Waals surface area contributed by atoms with E-state index in [4.69, 9.17) is 0 Å². The van der Waals surface area contributed by atoms with Gasteiger partial charge in [0.05, 0.1) is 0 Å². The Labute approximate surface area is 166 Å². The molecule has 0 unspecified atom stereocenters. The molecule has 138 valence electrons. The number of carbonyl (C=O) groups excluding carboxylic acids is 1. The zero-order valence-electron chi connectivity index (χ0n) is 16.1. The largest absolute Gasteiger partial charge is 0.321 e. The number of anilines is 1. The number of carbonyl (C=O) groups is 1. The van der Waals surface area contributed by atoms with Crippen LogP contribution in [-0.2, 0) is 11.2 Å². The molecule has 3 aromatic carbocycles.